The van der Waals surface area contributed by atoms with E-state index < -0.39 is 36.9 Å². The Labute approximate surface area is 95.6 Å². The van der Waals surface area contributed by atoms with Crippen molar-refractivity contribution in [2.75, 3.05) is 6.61 Å². The van der Waals surface area contributed by atoms with E-state index in [9.17, 15) is 15.0 Å². The van der Waals surface area contributed by atoms with Gasteiger partial charge in [-0.25, -0.2) is 4.98 Å². The van der Waals surface area contributed by atoms with Crippen LogP contribution in [0.1, 0.15) is 22.5 Å². The molecule has 0 spiro atoms. The fourth-order valence-corrected chi connectivity index (χ4v) is 1.64. The summed E-state index contributed by atoms with van der Waals surface area (Å²) in [5, 5.41) is 28.1. The third kappa shape index (κ3) is 2.03. The number of primary amides is 1. The largest absolute Gasteiger partial charge is 0.445 e. The molecule has 1 aromatic rings. The number of carbonyl (C=O) groups excluding carboxylic acids is 1. The van der Waals surface area contributed by atoms with Crippen molar-refractivity contribution in [3.8, 4) is 0 Å². The summed E-state index contributed by atoms with van der Waals surface area (Å²) in [6.07, 6.45) is -3.44. The fraction of sp³-hybridized carbons (Fsp3) is 0.556. The monoisotopic (exact) mass is 244 g/mol. The molecule has 1 aliphatic heterocycles. The molecular weight excluding hydrogens is 232 g/mol. The van der Waals surface area contributed by atoms with Gasteiger partial charge in [-0.2, -0.15) is 0 Å². The third-order valence-corrected chi connectivity index (χ3v) is 2.56. The molecule has 94 valence electrons. The SMILES string of the molecule is NC(=O)c1coc(C2OC(CO)C(O)C2O)n1. The number of hydrogen-bond acceptors (Lipinski definition) is 7. The van der Waals surface area contributed by atoms with Crippen LogP contribution in [0, 0.1) is 0 Å². The molecule has 2 heterocycles. The molecule has 1 amide bonds. The Morgan fingerprint density at radius 3 is 2.65 bits per heavy atom. The minimum atomic E-state index is -1.29. The highest BCUT2D eigenvalue weighted by Crippen LogP contribution is 2.32. The normalized spacial score (nSPS) is 32.9. The van der Waals surface area contributed by atoms with Gasteiger partial charge in [-0.05, 0) is 0 Å². The molecule has 4 atom stereocenters. The lowest BCUT2D eigenvalue weighted by Gasteiger charge is -2.10. The van der Waals surface area contributed by atoms with Gasteiger partial charge in [-0.15, -0.1) is 0 Å². The second kappa shape index (κ2) is 4.41. The van der Waals surface area contributed by atoms with E-state index in [-0.39, 0.29) is 11.6 Å². The number of oxazole rings is 1. The van der Waals surface area contributed by atoms with Gasteiger partial charge >= 0.3 is 0 Å². The first-order valence-corrected chi connectivity index (χ1v) is 4.92. The van der Waals surface area contributed by atoms with Gasteiger partial charge in [0.15, 0.2) is 11.8 Å². The smallest absolute Gasteiger partial charge is 0.270 e. The van der Waals surface area contributed by atoms with Crippen molar-refractivity contribution >= 4 is 5.91 Å². The number of nitrogens with two attached hydrogens (primary N) is 1. The number of nitrogens with zero attached hydrogens (tertiary/aromatic N) is 1. The summed E-state index contributed by atoms with van der Waals surface area (Å²) in [7, 11) is 0. The number of carbonyl (C=O) groups is 1. The standard InChI is InChI=1S/C9H12N2O6/c10-8(15)3-2-16-9(11-3)7-6(14)5(13)4(1-12)17-7/h2,4-7,12-14H,1H2,(H2,10,15). The first-order chi connectivity index (χ1) is 8.04. The molecule has 0 saturated carbocycles. The van der Waals surface area contributed by atoms with E-state index >= 15 is 0 Å². The molecule has 0 radical (unpaired) electrons. The molecule has 1 aliphatic rings. The molecule has 0 bridgehead atoms. The number of ether oxygens (including phenoxy) is 1. The second-order valence-electron chi connectivity index (χ2n) is 3.69. The Morgan fingerprint density at radius 1 is 1.47 bits per heavy atom. The Kier molecular flexibility index (Phi) is 3.11. The van der Waals surface area contributed by atoms with Crippen LogP contribution >= 0.6 is 0 Å². The van der Waals surface area contributed by atoms with Gasteiger partial charge in [-0.1, -0.05) is 0 Å². The van der Waals surface area contributed by atoms with Crippen molar-refractivity contribution < 1.29 is 29.3 Å². The minimum absolute atomic E-state index is 0.0682. The Hall–Kier alpha value is -1.48. The molecule has 5 N–H and O–H groups in total. The summed E-state index contributed by atoms with van der Waals surface area (Å²) in [6.45, 7) is -0.446. The highest BCUT2D eigenvalue weighted by molar-refractivity contribution is 5.90. The average Bonchev–Trinajstić information content (AvgIpc) is 2.87. The maximum atomic E-state index is 10.8. The second-order valence-corrected chi connectivity index (χ2v) is 3.69. The van der Waals surface area contributed by atoms with Crippen molar-refractivity contribution in [3.05, 3.63) is 17.8 Å². The van der Waals surface area contributed by atoms with Gasteiger partial charge in [-0.3, -0.25) is 4.79 Å². The van der Waals surface area contributed by atoms with Gasteiger partial charge in [0.1, 0.15) is 24.6 Å². The zero-order valence-electron chi connectivity index (χ0n) is 8.68. The van der Waals surface area contributed by atoms with E-state index in [1.807, 2.05) is 0 Å². The van der Waals surface area contributed by atoms with Gasteiger partial charge in [0.25, 0.3) is 5.91 Å². The Morgan fingerprint density at radius 2 is 2.18 bits per heavy atom. The molecule has 1 fully saturated rings. The van der Waals surface area contributed by atoms with Crippen LogP contribution in [0.15, 0.2) is 10.7 Å². The molecule has 0 aromatic carbocycles. The third-order valence-electron chi connectivity index (χ3n) is 2.56. The molecular formula is C9H12N2O6. The zero-order valence-corrected chi connectivity index (χ0v) is 8.68. The summed E-state index contributed by atoms with van der Waals surface area (Å²) in [5.41, 5.74) is 4.89. The van der Waals surface area contributed by atoms with Crippen LogP contribution in [0.5, 0.6) is 0 Å². The maximum absolute atomic E-state index is 10.8. The summed E-state index contributed by atoms with van der Waals surface area (Å²) < 4.78 is 10.1. The highest BCUT2D eigenvalue weighted by atomic mass is 16.6. The van der Waals surface area contributed by atoms with Gasteiger partial charge in [0.05, 0.1) is 6.61 Å². The molecule has 1 saturated heterocycles. The first-order valence-electron chi connectivity index (χ1n) is 4.92. The van der Waals surface area contributed by atoms with Crippen LogP contribution < -0.4 is 5.73 Å². The topological polar surface area (TPSA) is 139 Å². The lowest BCUT2D eigenvalue weighted by Crippen LogP contribution is -2.32. The lowest BCUT2D eigenvalue weighted by atomic mass is 10.1. The summed E-state index contributed by atoms with van der Waals surface area (Å²) in [4.78, 5) is 14.5. The van der Waals surface area contributed by atoms with Gasteiger partial charge in [0.2, 0.25) is 5.89 Å². The maximum Gasteiger partial charge on any atom is 0.270 e. The number of hydrogen-bond donors (Lipinski definition) is 4. The zero-order chi connectivity index (χ0) is 12.6. The molecule has 2 rings (SSSR count). The number of aliphatic hydroxyl groups is 3. The van der Waals surface area contributed by atoms with E-state index in [1.165, 1.54) is 0 Å². The predicted molar refractivity (Wildman–Crippen MR) is 51.7 cm³/mol. The number of aromatic nitrogens is 1. The molecule has 17 heavy (non-hydrogen) atoms. The lowest BCUT2D eigenvalue weighted by molar-refractivity contribution is -0.0308. The van der Waals surface area contributed by atoms with Crippen LogP contribution in [0.2, 0.25) is 0 Å². The van der Waals surface area contributed by atoms with Crippen molar-refractivity contribution in [1.82, 2.24) is 4.98 Å². The van der Waals surface area contributed by atoms with E-state index in [1.54, 1.807) is 0 Å². The first kappa shape index (κ1) is 12.0. The van der Waals surface area contributed by atoms with Crippen LogP contribution in [-0.4, -0.2) is 51.1 Å². The van der Waals surface area contributed by atoms with Crippen LogP contribution in [0.25, 0.3) is 0 Å². The van der Waals surface area contributed by atoms with Crippen LogP contribution in [-0.2, 0) is 4.74 Å². The molecule has 8 heteroatoms. The summed E-state index contributed by atoms with van der Waals surface area (Å²) >= 11 is 0. The van der Waals surface area contributed by atoms with Crippen molar-refractivity contribution in [2.24, 2.45) is 5.73 Å². The Balaban J connectivity index is 2.19. The molecule has 8 nitrogen and oxygen atoms in total. The predicted octanol–water partition coefficient (Wildman–Crippen LogP) is -2.07. The van der Waals surface area contributed by atoms with Crippen molar-refractivity contribution in [2.45, 2.75) is 24.4 Å². The van der Waals surface area contributed by atoms with E-state index in [4.69, 9.17) is 20.0 Å². The van der Waals surface area contributed by atoms with Crippen molar-refractivity contribution in [1.29, 1.82) is 0 Å². The van der Waals surface area contributed by atoms with Crippen molar-refractivity contribution in [3.63, 3.8) is 0 Å². The van der Waals surface area contributed by atoms with Crippen LogP contribution in [0.4, 0.5) is 0 Å². The number of rotatable bonds is 3. The van der Waals surface area contributed by atoms with Crippen LogP contribution in [0.3, 0.4) is 0 Å². The minimum Gasteiger partial charge on any atom is -0.445 e. The highest BCUT2D eigenvalue weighted by Gasteiger charge is 2.45. The van der Waals surface area contributed by atoms with E-state index in [0.29, 0.717) is 0 Å². The van der Waals surface area contributed by atoms with E-state index in [2.05, 4.69) is 4.98 Å². The summed E-state index contributed by atoms with van der Waals surface area (Å²) in [6, 6.07) is 0. The molecule has 4 unspecified atom stereocenters. The Bertz CT molecular complexity index is 419. The fourth-order valence-electron chi connectivity index (χ4n) is 1.64. The van der Waals surface area contributed by atoms with Gasteiger partial charge in [0, 0.05) is 0 Å². The summed E-state index contributed by atoms with van der Waals surface area (Å²) in [5.74, 6) is -0.840. The van der Waals surface area contributed by atoms with E-state index in [0.717, 1.165) is 6.26 Å². The molecule has 0 aliphatic carbocycles. The average molecular weight is 244 g/mol. The number of amides is 1. The van der Waals surface area contributed by atoms with Gasteiger partial charge < -0.3 is 30.2 Å². The number of aliphatic hydroxyl groups excluding tert-OH is 3. The quantitative estimate of drug-likeness (QED) is 0.478. The molecule has 1 aromatic heterocycles.